The van der Waals surface area contributed by atoms with Crippen molar-refractivity contribution in [2.24, 2.45) is 5.92 Å². The highest BCUT2D eigenvalue weighted by Crippen LogP contribution is 2.28. The van der Waals surface area contributed by atoms with Crippen molar-refractivity contribution in [3.05, 3.63) is 54.2 Å². The zero-order chi connectivity index (χ0) is 29.2. The van der Waals surface area contributed by atoms with Gasteiger partial charge >= 0.3 is 6.09 Å². The lowest BCUT2D eigenvalue weighted by atomic mass is 9.85. The van der Waals surface area contributed by atoms with Crippen LogP contribution in [0.25, 0.3) is 0 Å². The number of ether oxygens (including phenoxy) is 2. The van der Waals surface area contributed by atoms with E-state index in [0.29, 0.717) is 35.0 Å². The normalized spacial score (nSPS) is 18.4. The van der Waals surface area contributed by atoms with Crippen LogP contribution in [0.15, 0.2) is 48.7 Å². The molecule has 2 fully saturated rings. The molecule has 10 heteroatoms. The predicted octanol–water partition coefficient (Wildman–Crippen LogP) is 6.45. The third-order valence-electron chi connectivity index (χ3n) is 7.26. The Morgan fingerprint density at radius 2 is 1.88 bits per heavy atom. The number of pyridine rings is 1. The summed E-state index contributed by atoms with van der Waals surface area (Å²) in [5.41, 5.74) is 0.327. The summed E-state index contributed by atoms with van der Waals surface area (Å²) in [5.74, 6) is 2.68. The molecular formula is C31H42N4O4S2. The summed E-state index contributed by atoms with van der Waals surface area (Å²) in [4.78, 5) is 32.8. The molecule has 0 radical (unpaired) electrons. The van der Waals surface area contributed by atoms with E-state index in [1.165, 1.54) is 37.0 Å². The first-order valence-electron chi connectivity index (χ1n) is 14.5. The molecule has 1 aromatic carbocycles. The van der Waals surface area contributed by atoms with Crippen LogP contribution in [0.5, 0.6) is 11.6 Å². The third-order valence-corrected chi connectivity index (χ3v) is 8.71. The number of carbonyl (C=O) groups excluding carboxylic acids is 2. The van der Waals surface area contributed by atoms with E-state index in [0.717, 1.165) is 24.2 Å². The Kier molecular flexibility index (Phi) is 11.3. The number of para-hydroxylation sites is 1. The Balaban J connectivity index is 1.36. The van der Waals surface area contributed by atoms with E-state index in [9.17, 15) is 9.59 Å². The number of benzene rings is 1. The highest BCUT2D eigenvalue weighted by atomic mass is 32.2. The maximum absolute atomic E-state index is 13.5. The molecule has 0 unspecified atom stereocenters. The monoisotopic (exact) mass is 598 g/mol. The number of nitrogens with one attached hydrogen (secondary N) is 2. The van der Waals surface area contributed by atoms with E-state index >= 15 is 0 Å². The van der Waals surface area contributed by atoms with Gasteiger partial charge in [-0.1, -0.05) is 68.6 Å². The van der Waals surface area contributed by atoms with Gasteiger partial charge in [-0.3, -0.25) is 9.69 Å². The summed E-state index contributed by atoms with van der Waals surface area (Å²) >= 11 is 7.37. The molecule has 2 aromatic rings. The zero-order valence-electron chi connectivity index (χ0n) is 24.3. The average molecular weight is 599 g/mol. The maximum atomic E-state index is 13.5. The maximum Gasteiger partial charge on any atom is 0.411 e. The fraction of sp³-hybridized carbons (Fsp3) is 0.548. The van der Waals surface area contributed by atoms with Crippen molar-refractivity contribution >= 4 is 41.0 Å². The molecule has 0 spiro atoms. The van der Waals surface area contributed by atoms with E-state index in [4.69, 9.17) is 21.7 Å². The summed E-state index contributed by atoms with van der Waals surface area (Å²) in [5, 5.41) is 6.52. The zero-order valence-corrected chi connectivity index (χ0v) is 25.9. The van der Waals surface area contributed by atoms with Gasteiger partial charge in [0.15, 0.2) is 0 Å². The lowest BCUT2D eigenvalue weighted by Gasteiger charge is -2.29. The molecule has 2 aliphatic rings. The van der Waals surface area contributed by atoms with E-state index in [1.807, 2.05) is 63.2 Å². The standard InChI is InChI=1S/C31H42N4O4S2/c1-31(2,3)39-30(37)35-21-41-20-26(35)28(36)34-25(16-14-22-10-6-4-7-11-22)29(40)33-19-23-15-17-27(32-18-23)38-24-12-8-5-9-13-24/h5,8-9,12-13,15,17-18,22,25-26H,4,6-7,10-11,14,16,19-21H2,1-3H3,(H,33,40)(H,34,36)/t25-,26+/m1/s1. The minimum atomic E-state index is -0.625. The number of thiocarbonyl (C=S) groups is 1. The summed E-state index contributed by atoms with van der Waals surface area (Å²) in [6, 6.07) is 12.4. The van der Waals surface area contributed by atoms with E-state index in [1.54, 1.807) is 18.0 Å². The third kappa shape index (κ3) is 9.88. The number of thioether (sulfide) groups is 1. The van der Waals surface area contributed by atoms with Crippen molar-refractivity contribution in [2.75, 3.05) is 11.6 Å². The van der Waals surface area contributed by atoms with Crippen LogP contribution in [0.3, 0.4) is 0 Å². The number of rotatable bonds is 10. The first-order valence-corrected chi connectivity index (χ1v) is 16.1. The molecule has 2 N–H and O–H groups in total. The van der Waals surface area contributed by atoms with Gasteiger partial charge in [-0.05, 0) is 57.2 Å². The molecule has 1 saturated carbocycles. The van der Waals surface area contributed by atoms with Crippen molar-refractivity contribution in [3.63, 3.8) is 0 Å². The average Bonchev–Trinajstić information content (AvgIpc) is 3.46. The first kappa shape index (κ1) is 31.1. The number of carbonyl (C=O) groups is 2. The quantitative estimate of drug-likeness (QED) is 0.302. The molecular weight excluding hydrogens is 556 g/mol. The first-order chi connectivity index (χ1) is 19.7. The minimum Gasteiger partial charge on any atom is -0.444 e. The second kappa shape index (κ2) is 14.9. The molecule has 1 aliphatic carbocycles. The number of aromatic nitrogens is 1. The van der Waals surface area contributed by atoms with Gasteiger partial charge in [0, 0.05) is 24.6 Å². The molecule has 8 nitrogen and oxygen atoms in total. The molecule has 222 valence electrons. The van der Waals surface area contributed by atoms with Crippen LogP contribution in [0.2, 0.25) is 0 Å². The van der Waals surface area contributed by atoms with Crippen molar-refractivity contribution in [1.29, 1.82) is 0 Å². The van der Waals surface area contributed by atoms with Crippen LogP contribution in [-0.2, 0) is 16.1 Å². The largest absolute Gasteiger partial charge is 0.444 e. The van der Waals surface area contributed by atoms with Gasteiger partial charge in [0.05, 0.1) is 16.9 Å². The van der Waals surface area contributed by atoms with Crippen molar-refractivity contribution in [3.8, 4) is 11.6 Å². The smallest absolute Gasteiger partial charge is 0.411 e. The second-order valence-corrected chi connectivity index (χ2v) is 13.2. The lowest BCUT2D eigenvalue weighted by molar-refractivity contribution is -0.125. The number of hydrogen-bond donors (Lipinski definition) is 2. The fourth-order valence-corrected chi connectivity index (χ4v) is 6.46. The van der Waals surface area contributed by atoms with Crippen LogP contribution in [0.1, 0.15) is 71.3 Å². The van der Waals surface area contributed by atoms with Crippen molar-refractivity contribution in [2.45, 2.75) is 89.9 Å². The van der Waals surface area contributed by atoms with Gasteiger partial charge in [0.25, 0.3) is 0 Å². The molecule has 1 saturated heterocycles. The molecule has 2 atom stereocenters. The highest BCUT2D eigenvalue weighted by molar-refractivity contribution is 7.99. The Labute approximate surface area is 253 Å². The summed E-state index contributed by atoms with van der Waals surface area (Å²) in [6.07, 6.45) is 9.38. The van der Waals surface area contributed by atoms with Gasteiger partial charge in [0.1, 0.15) is 17.4 Å². The second-order valence-electron chi connectivity index (χ2n) is 11.7. The van der Waals surface area contributed by atoms with Gasteiger partial charge in [0.2, 0.25) is 11.8 Å². The Bertz CT molecular complexity index is 1150. The molecule has 4 rings (SSSR count). The SMILES string of the molecule is CC(C)(C)OC(=O)N1CSC[C@H]1C(=O)N[C@H](CCC1CCCCC1)C(=S)NCc1ccc(Oc2ccccc2)nc1. The Hall–Kier alpha value is -2.85. The summed E-state index contributed by atoms with van der Waals surface area (Å²) in [7, 11) is 0. The Morgan fingerprint density at radius 1 is 1.12 bits per heavy atom. The molecule has 0 bridgehead atoms. The number of nitrogens with zero attached hydrogens (tertiary/aromatic N) is 2. The Morgan fingerprint density at radius 3 is 2.56 bits per heavy atom. The van der Waals surface area contributed by atoms with Crippen LogP contribution in [0.4, 0.5) is 4.79 Å². The van der Waals surface area contributed by atoms with Gasteiger partial charge in [-0.15, -0.1) is 11.8 Å². The molecule has 41 heavy (non-hydrogen) atoms. The summed E-state index contributed by atoms with van der Waals surface area (Å²) in [6.45, 7) is 5.96. The molecule has 2 heterocycles. The van der Waals surface area contributed by atoms with Gasteiger partial charge in [-0.2, -0.15) is 0 Å². The summed E-state index contributed by atoms with van der Waals surface area (Å²) < 4.78 is 11.3. The number of amides is 2. The van der Waals surface area contributed by atoms with Crippen LogP contribution < -0.4 is 15.4 Å². The van der Waals surface area contributed by atoms with Crippen LogP contribution in [-0.4, -0.2) is 56.2 Å². The lowest BCUT2D eigenvalue weighted by Crippen LogP contribution is -2.54. The van der Waals surface area contributed by atoms with Gasteiger partial charge < -0.3 is 20.1 Å². The van der Waals surface area contributed by atoms with Gasteiger partial charge in [-0.25, -0.2) is 9.78 Å². The van der Waals surface area contributed by atoms with E-state index in [2.05, 4.69) is 15.6 Å². The molecule has 1 aromatic heterocycles. The minimum absolute atomic E-state index is 0.192. The van der Waals surface area contributed by atoms with Crippen LogP contribution >= 0.6 is 24.0 Å². The van der Waals surface area contributed by atoms with E-state index in [-0.39, 0.29) is 11.9 Å². The van der Waals surface area contributed by atoms with E-state index < -0.39 is 17.7 Å². The molecule has 2 amide bonds. The fourth-order valence-electron chi connectivity index (χ4n) is 5.07. The van der Waals surface area contributed by atoms with Crippen molar-refractivity contribution < 1.29 is 19.1 Å². The van der Waals surface area contributed by atoms with Crippen LogP contribution in [0, 0.1) is 5.92 Å². The van der Waals surface area contributed by atoms with Crippen molar-refractivity contribution in [1.82, 2.24) is 20.5 Å². The highest BCUT2D eigenvalue weighted by Gasteiger charge is 2.38. The number of hydrogen-bond acceptors (Lipinski definition) is 7. The predicted molar refractivity (Wildman–Crippen MR) is 167 cm³/mol. The molecule has 1 aliphatic heterocycles. The topological polar surface area (TPSA) is 92.8 Å².